The van der Waals surface area contributed by atoms with Gasteiger partial charge in [-0.25, -0.2) is 0 Å². The van der Waals surface area contributed by atoms with E-state index in [2.05, 4.69) is 231 Å². The molecule has 0 amide bonds. The van der Waals surface area contributed by atoms with Gasteiger partial charge in [0.1, 0.15) is 0 Å². The number of hydrogen-bond acceptors (Lipinski definition) is 0. The van der Waals surface area contributed by atoms with Gasteiger partial charge in [0.25, 0.3) is 0 Å². The van der Waals surface area contributed by atoms with E-state index in [1.807, 2.05) is 0 Å². The third-order valence-electron chi connectivity index (χ3n) is 12.6. The molecule has 12 aromatic carbocycles. The molecule has 0 bridgehead atoms. The van der Waals surface area contributed by atoms with Crippen molar-refractivity contribution in [2.45, 2.75) is 0 Å². The van der Waals surface area contributed by atoms with Crippen LogP contribution >= 0.6 is 0 Å². The van der Waals surface area contributed by atoms with Crippen LogP contribution in [-0.4, -0.2) is 0 Å². The van der Waals surface area contributed by atoms with Crippen molar-refractivity contribution in [1.29, 1.82) is 0 Å². The highest BCUT2D eigenvalue weighted by molar-refractivity contribution is 6.14. The topological polar surface area (TPSA) is 0 Å². The first-order valence-corrected chi connectivity index (χ1v) is 20.8. The largest absolute Gasteiger partial charge is 0.0616 e. The highest BCUT2D eigenvalue weighted by Gasteiger charge is 2.17. The second-order valence-corrected chi connectivity index (χ2v) is 16.0. The van der Waals surface area contributed by atoms with Gasteiger partial charge in [-0.05, 0) is 145 Å². The first kappa shape index (κ1) is 34.3. The molecule has 12 rings (SSSR count). The molecule has 60 heavy (non-hydrogen) atoms. The van der Waals surface area contributed by atoms with Gasteiger partial charge in [0.05, 0.1) is 0 Å². The van der Waals surface area contributed by atoms with E-state index in [0.29, 0.717) is 0 Å². The number of hydrogen-bond donors (Lipinski definition) is 0. The lowest BCUT2D eigenvalue weighted by Crippen LogP contribution is -1.91. The van der Waals surface area contributed by atoms with E-state index in [4.69, 9.17) is 0 Å². The van der Waals surface area contributed by atoms with Gasteiger partial charge in [-0.2, -0.15) is 0 Å². The van der Waals surface area contributed by atoms with Crippen molar-refractivity contribution in [3.05, 3.63) is 231 Å². The third kappa shape index (κ3) is 5.61. The molecule has 0 atom stereocenters. The van der Waals surface area contributed by atoms with Crippen LogP contribution in [0.1, 0.15) is 0 Å². The third-order valence-corrected chi connectivity index (χ3v) is 12.6. The van der Waals surface area contributed by atoms with Crippen molar-refractivity contribution in [3.8, 4) is 55.6 Å². The number of rotatable bonds is 5. The lowest BCUT2D eigenvalue weighted by Gasteiger charge is -2.18. The van der Waals surface area contributed by atoms with E-state index in [1.54, 1.807) is 0 Å². The molecule has 0 aromatic heterocycles. The Labute approximate surface area is 349 Å². The smallest absolute Gasteiger partial charge is 0.00928 e. The van der Waals surface area contributed by atoms with Crippen LogP contribution in [0.3, 0.4) is 0 Å². The highest BCUT2D eigenvalue weighted by atomic mass is 14.2. The van der Waals surface area contributed by atoms with Crippen LogP contribution in [0, 0.1) is 0 Å². The summed E-state index contributed by atoms with van der Waals surface area (Å²) in [6, 6.07) is 85.3. The first-order chi connectivity index (χ1) is 29.7. The zero-order chi connectivity index (χ0) is 39.6. The van der Waals surface area contributed by atoms with Gasteiger partial charge in [-0.1, -0.05) is 206 Å². The molecular formula is C60H38. The molecule has 0 radical (unpaired) electrons. The van der Waals surface area contributed by atoms with E-state index in [9.17, 15) is 0 Å². The summed E-state index contributed by atoms with van der Waals surface area (Å²) in [6.07, 6.45) is 0. The second kappa shape index (κ2) is 13.9. The van der Waals surface area contributed by atoms with Gasteiger partial charge in [-0.15, -0.1) is 0 Å². The van der Waals surface area contributed by atoms with Crippen LogP contribution in [0.2, 0.25) is 0 Å². The molecule has 0 aliphatic rings. The minimum Gasteiger partial charge on any atom is -0.0616 e. The minimum atomic E-state index is 1.21. The van der Waals surface area contributed by atoms with Crippen molar-refractivity contribution in [3.63, 3.8) is 0 Å². The quantitative estimate of drug-likeness (QED) is 0.164. The zero-order valence-corrected chi connectivity index (χ0v) is 32.9. The van der Waals surface area contributed by atoms with Crippen molar-refractivity contribution in [2.75, 3.05) is 0 Å². The molecule has 278 valence electrons. The maximum absolute atomic E-state index is 2.44. The van der Waals surface area contributed by atoms with Gasteiger partial charge in [0.15, 0.2) is 0 Å². The lowest BCUT2D eigenvalue weighted by molar-refractivity contribution is 1.63. The Kier molecular flexibility index (Phi) is 7.96. The Morgan fingerprint density at radius 1 is 0.150 bits per heavy atom. The Hall–Kier alpha value is -7.80. The maximum Gasteiger partial charge on any atom is -0.00928 e. The van der Waals surface area contributed by atoms with Crippen LogP contribution in [0.25, 0.3) is 120 Å². The second-order valence-electron chi connectivity index (χ2n) is 16.0. The maximum atomic E-state index is 2.44. The van der Waals surface area contributed by atoms with Crippen LogP contribution in [0.5, 0.6) is 0 Å². The van der Waals surface area contributed by atoms with Crippen molar-refractivity contribution < 1.29 is 0 Å². The summed E-state index contributed by atoms with van der Waals surface area (Å²) in [5.41, 5.74) is 12.4. The zero-order valence-electron chi connectivity index (χ0n) is 32.9. The average Bonchev–Trinajstić information content (AvgIpc) is 3.32. The van der Waals surface area contributed by atoms with Gasteiger partial charge < -0.3 is 0 Å². The monoisotopic (exact) mass is 758 g/mol. The Morgan fingerprint density at radius 2 is 0.500 bits per heavy atom. The summed E-state index contributed by atoms with van der Waals surface area (Å²) in [5, 5.41) is 15.0. The summed E-state index contributed by atoms with van der Waals surface area (Å²) in [6.45, 7) is 0. The van der Waals surface area contributed by atoms with E-state index in [1.165, 1.54) is 120 Å². The van der Waals surface area contributed by atoms with Gasteiger partial charge >= 0.3 is 0 Å². The minimum absolute atomic E-state index is 1.21. The summed E-state index contributed by atoms with van der Waals surface area (Å²) >= 11 is 0. The predicted molar refractivity (Wildman–Crippen MR) is 259 cm³/mol. The molecule has 0 unspecified atom stereocenters. The molecule has 0 aliphatic heterocycles. The standard InChI is InChI=1S/C60H38/c1-4-20-47-39(13-1)16-9-25-50(47)44-32-31-43-35-46(51-26-10-17-40-14-2-5-21-48(40)51)38-60(59(43)37-44)57-34-33-52(53-23-7-8-24-55(53)57)45-30-29-42-19-12-28-56(58(42)36-45)54-27-11-18-41-15-3-6-22-49(41)54/h1-38H. The molecule has 0 nitrogen and oxygen atoms in total. The van der Waals surface area contributed by atoms with Gasteiger partial charge in [-0.3, -0.25) is 0 Å². The lowest BCUT2D eigenvalue weighted by atomic mass is 9.86. The van der Waals surface area contributed by atoms with E-state index < -0.39 is 0 Å². The van der Waals surface area contributed by atoms with Crippen LogP contribution < -0.4 is 0 Å². The normalized spacial score (nSPS) is 11.7. The fraction of sp³-hybridized carbons (Fsp3) is 0. The number of benzene rings is 12. The Balaban J connectivity index is 1.08. The first-order valence-electron chi connectivity index (χ1n) is 20.8. The van der Waals surface area contributed by atoms with Crippen molar-refractivity contribution in [1.82, 2.24) is 0 Å². The summed E-state index contributed by atoms with van der Waals surface area (Å²) in [5.74, 6) is 0. The van der Waals surface area contributed by atoms with E-state index >= 15 is 0 Å². The summed E-state index contributed by atoms with van der Waals surface area (Å²) < 4.78 is 0. The Morgan fingerprint density at radius 3 is 1.08 bits per heavy atom. The fourth-order valence-corrected chi connectivity index (χ4v) is 9.78. The molecule has 0 N–H and O–H groups in total. The van der Waals surface area contributed by atoms with E-state index in [-0.39, 0.29) is 0 Å². The molecule has 0 heterocycles. The average molecular weight is 759 g/mol. The van der Waals surface area contributed by atoms with Crippen molar-refractivity contribution >= 4 is 64.6 Å². The SMILES string of the molecule is c1ccc2c(-c3cc(-c4ccc(-c5ccc6cccc(-c7cccc8ccccc78)c6c5)c5ccccc45)c4cc(-c5cccc6ccccc56)ccc4c3)cccc2c1. The van der Waals surface area contributed by atoms with Gasteiger partial charge in [0.2, 0.25) is 0 Å². The van der Waals surface area contributed by atoms with Crippen LogP contribution in [0.15, 0.2) is 231 Å². The molecule has 0 fully saturated rings. The van der Waals surface area contributed by atoms with Crippen molar-refractivity contribution in [2.24, 2.45) is 0 Å². The molecule has 0 saturated carbocycles. The molecule has 0 heteroatoms. The molecule has 12 aromatic rings. The molecule has 0 saturated heterocycles. The Bertz CT molecular complexity index is 3650. The summed E-state index contributed by atoms with van der Waals surface area (Å²) in [4.78, 5) is 0. The molecular weight excluding hydrogens is 721 g/mol. The van der Waals surface area contributed by atoms with Gasteiger partial charge in [0, 0.05) is 0 Å². The fourth-order valence-electron chi connectivity index (χ4n) is 9.78. The highest BCUT2D eigenvalue weighted by Crippen LogP contribution is 2.44. The van der Waals surface area contributed by atoms with Crippen LogP contribution in [-0.2, 0) is 0 Å². The summed E-state index contributed by atoms with van der Waals surface area (Å²) in [7, 11) is 0. The molecule has 0 aliphatic carbocycles. The van der Waals surface area contributed by atoms with Crippen LogP contribution in [0.4, 0.5) is 0 Å². The van der Waals surface area contributed by atoms with E-state index in [0.717, 1.165) is 0 Å². The number of fused-ring (bicyclic) bond motifs is 6. The predicted octanol–water partition coefficient (Wildman–Crippen LogP) is 16.9. The molecule has 0 spiro atoms.